The molecule has 2 atom stereocenters. The molecule has 3 nitrogen and oxygen atoms in total. The predicted molar refractivity (Wildman–Crippen MR) is 89.6 cm³/mol. The van der Waals surface area contributed by atoms with Gasteiger partial charge in [-0.2, -0.15) is 0 Å². The Morgan fingerprint density at radius 3 is 2.29 bits per heavy atom. The van der Waals surface area contributed by atoms with Crippen molar-refractivity contribution in [3.8, 4) is 0 Å². The second-order valence-electron chi connectivity index (χ2n) is 7.96. The van der Waals surface area contributed by atoms with Crippen LogP contribution in [0.1, 0.15) is 46.5 Å². The van der Waals surface area contributed by atoms with E-state index in [-0.39, 0.29) is 0 Å². The van der Waals surface area contributed by atoms with Gasteiger partial charge in [0.25, 0.3) is 0 Å². The summed E-state index contributed by atoms with van der Waals surface area (Å²) < 4.78 is 0. The van der Waals surface area contributed by atoms with Gasteiger partial charge >= 0.3 is 0 Å². The molecule has 1 saturated carbocycles. The second-order valence-corrected chi connectivity index (χ2v) is 7.96. The zero-order valence-corrected chi connectivity index (χ0v) is 14.4. The fourth-order valence-electron chi connectivity index (χ4n) is 4.46. The molecule has 3 fully saturated rings. The van der Waals surface area contributed by atoms with Gasteiger partial charge in [-0.3, -0.25) is 9.80 Å². The maximum atomic E-state index is 2.81. The molecule has 21 heavy (non-hydrogen) atoms. The monoisotopic (exact) mass is 293 g/mol. The Morgan fingerprint density at radius 1 is 0.952 bits per heavy atom. The first-order valence-electron chi connectivity index (χ1n) is 9.37. The summed E-state index contributed by atoms with van der Waals surface area (Å²) in [5, 5.41) is 0. The molecule has 0 aromatic carbocycles. The van der Waals surface area contributed by atoms with Crippen molar-refractivity contribution < 1.29 is 0 Å². The average molecular weight is 293 g/mol. The molecule has 3 heteroatoms. The highest BCUT2D eigenvalue weighted by Gasteiger charge is 2.48. The van der Waals surface area contributed by atoms with E-state index in [1.165, 1.54) is 71.5 Å². The smallest absolute Gasteiger partial charge is 0.0268 e. The topological polar surface area (TPSA) is 9.72 Å². The zero-order chi connectivity index (χ0) is 14.8. The first kappa shape index (κ1) is 15.8. The Kier molecular flexibility index (Phi) is 5.23. The summed E-state index contributed by atoms with van der Waals surface area (Å²) in [7, 11) is 0. The third kappa shape index (κ3) is 4.00. The van der Waals surface area contributed by atoms with Crippen molar-refractivity contribution in [1.29, 1.82) is 0 Å². The number of hydrogen-bond acceptors (Lipinski definition) is 3. The Labute approximate surface area is 131 Å². The molecule has 0 aromatic rings. The molecule has 0 bridgehead atoms. The maximum Gasteiger partial charge on any atom is 0.0268 e. The SMILES string of the molecule is CCN1CCC(CCN2CCN(CC(C)C)C3CC32)CC1. The molecule has 0 N–H and O–H groups in total. The van der Waals surface area contributed by atoms with E-state index in [0.29, 0.717) is 0 Å². The number of rotatable bonds is 6. The van der Waals surface area contributed by atoms with Crippen molar-refractivity contribution in [1.82, 2.24) is 14.7 Å². The van der Waals surface area contributed by atoms with Crippen LogP contribution in [0.15, 0.2) is 0 Å². The van der Waals surface area contributed by atoms with Gasteiger partial charge in [0.1, 0.15) is 0 Å². The molecule has 2 aliphatic heterocycles. The van der Waals surface area contributed by atoms with E-state index in [4.69, 9.17) is 0 Å². The summed E-state index contributed by atoms with van der Waals surface area (Å²) in [6, 6.07) is 1.82. The third-order valence-electron chi connectivity index (χ3n) is 5.92. The molecule has 0 aromatic heterocycles. The van der Waals surface area contributed by atoms with Crippen LogP contribution < -0.4 is 0 Å². The highest BCUT2D eigenvalue weighted by atomic mass is 15.4. The summed E-state index contributed by atoms with van der Waals surface area (Å²) in [6.45, 7) is 16.2. The van der Waals surface area contributed by atoms with Crippen LogP contribution in [-0.2, 0) is 0 Å². The van der Waals surface area contributed by atoms with Crippen molar-refractivity contribution >= 4 is 0 Å². The normalized spacial score (nSPS) is 32.6. The predicted octanol–water partition coefficient (Wildman–Crippen LogP) is 2.52. The molecule has 3 aliphatic rings. The van der Waals surface area contributed by atoms with Crippen molar-refractivity contribution in [2.24, 2.45) is 11.8 Å². The molecule has 122 valence electrons. The lowest BCUT2D eigenvalue weighted by Crippen LogP contribution is -2.48. The zero-order valence-electron chi connectivity index (χ0n) is 14.4. The van der Waals surface area contributed by atoms with Gasteiger partial charge in [-0.05, 0) is 63.7 Å². The van der Waals surface area contributed by atoms with Gasteiger partial charge in [0.15, 0.2) is 0 Å². The quantitative estimate of drug-likeness (QED) is 0.745. The second kappa shape index (κ2) is 6.97. The van der Waals surface area contributed by atoms with Crippen LogP contribution in [0.25, 0.3) is 0 Å². The lowest BCUT2D eigenvalue weighted by Gasteiger charge is -2.36. The van der Waals surface area contributed by atoms with Gasteiger partial charge in [0.2, 0.25) is 0 Å². The highest BCUT2D eigenvalue weighted by molar-refractivity contribution is 5.06. The number of hydrogen-bond donors (Lipinski definition) is 0. The minimum Gasteiger partial charge on any atom is -0.304 e. The van der Waals surface area contributed by atoms with Crippen molar-refractivity contribution in [2.75, 3.05) is 45.8 Å². The van der Waals surface area contributed by atoms with E-state index in [1.807, 2.05) is 0 Å². The molecular formula is C18H35N3. The number of fused-ring (bicyclic) bond motifs is 1. The van der Waals surface area contributed by atoms with Gasteiger partial charge in [0, 0.05) is 31.7 Å². The Morgan fingerprint density at radius 2 is 1.62 bits per heavy atom. The van der Waals surface area contributed by atoms with E-state index < -0.39 is 0 Å². The van der Waals surface area contributed by atoms with Gasteiger partial charge in [0.05, 0.1) is 0 Å². The summed E-state index contributed by atoms with van der Waals surface area (Å²) >= 11 is 0. The van der Waals surface area contributed by atoms with E-state index in [1.54, 1.807) is 0 Å². The molecule has 0 spiro atoms. The highest BCUT2D eigenvalue weighted by Crippen LogP contribution is 2.37. The molecular weight excluding hydrogens is 258 g/mol. The molecule has 1 aliphatic carbocycles. The maximum absolute atomic E-state index is 2.81. The van der Waals surface area contributed by atoms with E-state index in [0.717, 1.165) is 23.9 Å². The van der Waals surface area contributed by atoms with Crippen LogP contribution >= 0.6 is 0 Å². The number of piperazine rings is 1. The number of likely N-dealkylation sites (tertiary alicyclic amines) is 1. The largest absolute Gasteiger partial charge is 0.304 e. The van der Waals surface area contributed by atoms with Crippen LogP contribution in [0.2, 0.25) is 0 Å². The molecule has 3 rings (SSSR count). The molecule has 2 unspecified atom stereocenters. The van der Waals surface area contributed by atoms with E-state index >= 15 is 0 Å². The van der Waals surface area contributed by atoms with Crippen LogP contribution in [0.5, 0.6) is 0 Å². The Hall–Kier alpha value is -0.120. The molecule has 2 heterocycles. The van der Waals surface area contributed by atoms with Gasteiger partial charge in [-0.25, -0.2) is 0 Å². The van der Waals surface area contributed by atoms with Gasteiger partial charge < -0.3 is 4.90 Å². The molecule has 0 amide bonds. The minimum absolute atomic E-state index is 0.821. The van der Waals surface area contributed by atoms with Crippen LogP contribution in [0, 0.1) is 11.8 Å². The number of piperidine rings is 1. The first-order chi connectivity index (χ1) is 10.2. The van der Waals surface area contributed by atoms with Crippen molar-refractivity contribution in [2.45, 2.75) is 58.5 Å². The summed E-state index contributed by atoms with van der Waals surface area (Å²) in [5.41, 5.74) is 0. The summed E-state index contributed by atoms with van der Waals surface area (Å²) in [4.78, 5) is 8.18. The molecule has 2 saturated heterocycles. The van der Waals surface area contributed by atoms with E-state index in [2.05, 4.69) is 35.5 Å². The van der Waals surface area contributed by atoms with E-state index in [9.17, 15) is 0 Å². The minimum atomic E-state index is 0.821. The average Bonchev–Trinajstić information content (AvgIpc) is 3.27. The van der Waals surface area contributed by atoms with Gasteiger partial charge in [-0.1, -0.05) is 20.8 Å². The summed E-state index contributed by atoms with van der Waals surface area (Å²) in [5.74, 6) is 1.82. The van der Waals surface area contributed by atoms with Crippen molar-refractivity contribution in [3.63, 3.8) is 0 Å². The lowest BCUT2D eigenvalue weighted by atomic mass is 9.93. The van der Waals surface area contributed by atoms with Crippen LogP contribution in [-0.4, -0.2) is 72.6 Å². The fraction of sp³-hybridized carbons (Fsp3) is 1.00. The fourth-order valence-corrected chi connectivity index (χ4v) is 4.46. The van der Waals surface area contributed by atoms with Crippen LogP contribution in [0.4, 0.5) is 0 Å². The molecule has 0 radical (unpaired) electrons. The van der Waals surface area contributed by atoms with Crippen LogP contribution in [0.3, 0.4) is 0 Å². The Balaban J connectivity index is 1.37. The lowest BCUT2D eigenvalue weighted by molar-refractivity contribution is 0.106. The first-order valence-corrected chi connectivity index (χ1v) is 9.37. The summed E-state index contributed by atoms with van der Waals surface area (Å²) in [6.07, 6.45) is 5.77. The standard InChI is InChI=1S/C18H35N3/c1-4-19-8-5-16(6-9-19)7-10-20-11-12-21(14-15(2)3)18-13-17(18)20/h15-18H,4-14H2,1-3H3. The third-order valence-corrected chi connectivity index (χ3v) is 5.92. The Bertz CT molecular complexity index is 322. The van der Waals surface area contributed by atoms with Gasteiger partial charge in [-0.15, -0.1) is 0 Å². The number of nitrogens with zero attached hydrogens (tertiary/aromatic N) is 3. The van der Waals surface area contributed by atoms with Crippen molar-refractivity contribution in [3.05, 3.63) is 0 Å².